The van der Waals surface area contributed by atoms with Gasteiger partial charge in [0.2, 0.25) is 15.9 Å². The minimum Gasteiger partial charge on any atom is -0.494 e. The standard InChI is InChI=1S/C23H32N2O4S2/c1-4-14-29-22-11-9-21(10-12-22)25(31(3,27)28)17-23(26)24-13-6-15-30-18-20-8-5-7-19(2)16-20/h5,7-12,16H,4,6,13-15,17-18H2,1-3H3,(H,24,26). The Morgan fingerprint density at radius 1 is 1.16 bits per heavy atom. The molecule has 6 nitrogen and oxygen atoms in total. The van der Waals surface area contributed by atoms with Crippen molar-refractivity contribution >= 4 is 33.4 Å². The molecule has 0 aliphatic carbocycles. The molecule has 1 N–H and O–H groups in total. The van der Waals surface area contributed by atoms with Gasteiger partial charge in [0, 0.05) is 12.3 Å². The lowest BCUT2D eigenvalue weighted by Crippen LogP contribution is -2.40. The summed E-state index contributed by atoms with van der Waals surface area (Å²) < 4.78 is 31.1. The Bertz CT molecular complexity index is 931. The Morgan fingerprint density at radius 2 is 1.90 bits per heavy atom. The summed E-state index contributed by atoms with van der Waals surface area (Å²) >= 11 is 1.82. The number of nitrogens with zero attached hydrogens (tertiary/aromatic N) is 1. The molecule has 0 unspecified atom stereocenters. The Labute approximate surface area is 190 Å². The summed E-state index contributed by atoms with van der Waals surface area (Å²) in [5.41, 5.74) is 2.99. The molecule has 0 saturated heterocycles. The lowest BCUT2D eigenvalue weighted by atomic mass is 10.2. The van der Waals surface area contributed by atoms with Crippen molar-refractivity contribution in [2.45, 2.75) is 32.4 Å². The van der Waals surface area contributed by atoms with Crippen molar-refractivity contribution in [2.24, 2.45) is 0 Å². The summed E-state index contributed by atoms with van der Waals surface area (Å²) in [5, 5.41) is 2.82. The molecule has 0 radical (unpaired) electrons. The number of carbonyl (C=O) groups excluding carboxylic acids is 1. The van der Waals surface area contributed by atoms with Crippen molar-refractivity contribution in [1.82, 2.24) is 5.32 Å². The molecule has 0 heterocycles. The highest BCUT2D eigenvalue weighted by Crippen LogP contribution is 2.21. The Kier molecular flexibility index (Phi) is 10.2. The molecule has 0 aromatic heterocycles. The van der Waals surface area contributed by atoms with Crippen LogP contribution in [0.4, 0.5) is 5.69 Å². The van der Waals surface area contributed by atoms with E-state index in [-0.39, 0.29) is 12.5 Å². The SMILES string of the molecule is CCCOc1ccc(N(CC(=O)NCCCSCc2cccc(C)c2)S(C)(=O)=O)cc1. The van der Waals surface area contributed by atoms with Crippen LogP contribution in [0.2, 0.25) is 0 Å². The van der Waals surface area contributed by atoms with E-state index in [9.17, 15) is 13.2 Å². The summed E-state index contributed by atoms with van der Waals surface area (Å²) in [5.74, 6) is 2.21. The van der Waals surface area contributed by atoms with Gasteiger partial charge in [-0.1, -0.05) is 36.8 Å². The highest BCUT2D eigenvalue weighted by atomic mass is 32.2. The molecular weight excluding hydrogens is 432 g/mol. The molecule has 8 heteroatoms. The van der Waals surface area contributed by atoms with Crippen LogP contribution < -0.4 is 14.4 Å². The third-order valence-electron chi connectivity index (χ3n) is 4.42. The van der Waals surface area contributed by atoms with Crippen LogP contribution in [0.5, 0.6) is 5.75 Å². The number of nitrogens with one attached hydrogen (secondary N) is 1. The smallest absolute Gasteiger partial charge is 0.240 e. The lowest BCUT2D eigenvalue weighted by molar-refractivity contribution is -0.119. The van der Waals surface area contributed by atoms with Crippen molar-refractivity contribution < 1.29 is 17.9 Å². The number of hydrogen-bond donors (Lipinski definition) is 1. The van der Waals surface area contributed by atoms with Gasteiger partial charge in [0.25, 0.3) is 0 Å². The van der Waals surface area contributed by atoms with E-state index >= 15 is 0 Å². The second-order valence-corrected chi connectivity index (χ2v) is 10.4. The fourth-order valence-electron chi connectivity index (χ4n) is 2.91. The van der Waals surface area contributed by atoms with Crippen LogP contribution in [0.15, 0.2) is 48.5 Å². The normalized spacial score (nSPS) is 11.2. The van der Waals surface area contributed by atoms with Gasteiger partial charge in [-0.3, -0.25) is 9.10 Å². The average molecular weight is 465 g/mol. The number of carbonyl (C=O) groups is 1. The first-order valence-corrected chi connectivity index (χ1v) is 13.4. The van der Waals surface area contributed by atoms with E-state index in [1.165, 1.54) is 11.1 Å². The summed E-state index contributed by atoms with van der Waals surface area (Å²) in [6.45, 7) is 4.96. The van der Waals surface area contributed by atoms with Crippen LogP contribution in [0.3, 0.4) is 0 Å². The van der Waals surface area contributed by atoms with Gasteiger partial charge in [0.05, 0.1) is 18.6 Å². The van der Waals surface area contributed by atoms with Gasteiger partial charge in [-0.05, 0) is 55.3 Å². The first kappa shape index (κ1) is 25.1. The molecule has 2 aromatic rings. The third-order valence-corrected chi connectivity index (χ3v) is 6.68. The number of anilines is 1. The maximum absolute atomic E-state index is 12.3. The molecule has 0 fully saturated rings. The molecule has 0 atom stereocenters. The van der Waals surface area contributed by atoms with E-state index < -0.39 is 10.0 Å². The minimum absolute atomic E-state index is 0.246. The number of amides is 1. The molecule has 0 aliphatic rings. The predicted molar refractivity (Wildman–Crippen MR) is 129 cm³/mol. The van der Waals surface area contributed by atoms with E-state index in [1.807, 2.05) is 18.7 Å². The van der Waals surface area contributed by atoms with E-state index in [1.54, 1.807) is 24.3 Å². The van der Waals surface area contributed by atoms with Gasteiger partial charge in [-0.15, -0.1) is 0 Å². The maximum Gasteiger partial charge on any atom is 0.240 e. The zero-order valence-corrected chi connectivity index (χ0v) is 20.1. The number of hydrogen-bond acceptors (Lipinski definition) is 5. The van der Waals surface area contributed by atoms with Crippen LogP contribution in [-0.4, -0.2) is 46.0 Å². The largest absolute Gasteiger partial charge is 0.494 e. The number of benzene rings is 2. The number of aryl methyl sites for hydroxylation is 1. The topological polar surface area (TPSA) is 75.7 Å². The summed E-state index contributed by atoms with van der Waals surface area (Å²) in [6.07, 6.45) is 2.82. The molecule has 31 heavy (non-hydrogen) atoms. The quantitative estimate of drug-likeness (QED) is 0.454. The minimum atomic E-state index is -3.59. The molecule has 2 aromatic carbocycles. The monoisotopic (exact) mass is 464 g/mol. The molecule has 0 bridgehead atoms. The van der Waals surface area contributed by atoms with Crippen LogP contribution in [-0.2, 0) is 20.6 Å². The molecule has 0 spiro atoms. The average Bonchev–Trinajstić information content (AvgIpc) is 2.73. The van der Waals surface area contributed by atoms with Gasteiger partial charge in [-0.2, -0.15) is 11.8 Å². The zero-order chi connectivity index (χ0) is 22.7. The van der Waals surface area contributed by atoms with Crippen molar-refractivity contribution in [2.75, 3.05) is 36.0 Å². The summed E-state index contributed by atoms with van der Waals surface area (Å²) in [7, 11) is -3.59. The molecule has 2 rings (SSSR count). The van der Waals surface area contributed by atoms with Crippen LogP contribution >= 0.6 is 11.8 Å². The van der Waals surface area contributed by atoms with E-state index in [0.29, 0.717) is 24.6 Å². The van der Waals surface area contributed by atoms with E-state index in [4.69, 9.17) is 4.74 Å². The Hall–Kier alpha value is -2.19. The summed E-state index contributed by atoms with van der Waals surface area (Å²) in [6, 6.07) is 15.2. The highest BCUT2D eigenvalue weighted by Gasteiger charge is 2.20. The number of ether oxygens (including phenoxy) is 1. The second-order valence-electron chi connectivity index (χ2n) is 7.36. The second kappa shape index (κ2) is 12.6. The first-order valence-electron chi connectivity index (χ1n) is 10.4. The molecule has 1 amide bonds. The van der Waals surface area contributed by atoms with Crippen LogP contribution in [0.25, 0.3) is 0 Å². The maximum atomic E-state index is 12.3. The van der Waals surface area contributed by atoms with Gasteiger partial charge in [0.15, 0.2) is 0 Å². The molecule has 0 aliphatic heterocycles. The van der Waals surface area contributed by atoms with Gasteiger partial charge < -0.3 is 10.1 Å². The molecular formula is C23H32N2O4S2. The number of rotatable bonds is 13. The van der Waals surface area contributed by atoms with Gasteiger partial charge >= 0.3 is 0 Å². The zero-order valence-electron chi connectivity index (χ0n) is 18.5. The summed E-state index contributed by atoms with van der Waals surface area (Å²) in [4.78, 5) is 12.3. The Balaban J connectivity index is 1.78. The van der Waals surface area contributed by atoms with E-state index in [0.717, 1.165) is 34.9 Å². The lowest BCUT2D eigenvalue weighted by Gasteiger charge is -2.22. The molecule has 0 saturated carbocycles. The van der Waals surface area contributed by atoms with Gasteiger partial charge in [0.1, 0.15) is 12.3 Å². The predicted octanol–water partition coefficient (Wildman–Crippen LogP) is 3.99. The van der Waals surface area contributed by atoms with Crippen LogP contribution in [0.1, 0.15) is 30.9 Å². The van der Waals surface area contributed by atoms with E-state index in [2.05, 4.69) is 36.5 Å². The van der Waals surface area contributed by atoms with Crippen molar-refractivity contribution in [3.8, 4) is 5.75 Å². The van der Waals surface area contributed by atoms with Crippen LogP contribution in [0, 0.1) is 6.92 Å². The number of thioether (sulfide) groups is 1. The number of sulfonamides is 1. The third kappa shape index (κ3) is 9.23. The van der Waals surface area contributed by atoms with Gasteiger partial charge in [-0.25, -0.2) is 8.42 Å². The fourth-order valence-corrected chi connectivity index (χ4v) is 4.67. The first-order chi connectivity index (χ1) is 14.8. The van der Waals surface area contributed by atoms with Crippen molar-refractivity contribution in [1.29, 1.82) is 0 Å². The highest BCUT2D eigenvalue weighted by molar-refractivity contribution is 7.98. The molecule has 170 valence electrons. The van der Waals surface area contributed by atoms with Crippen molar-refractivity contribution in [3.05, 3.63) is 59.7 Å². The Morgan fingerprint density at radius 3 is 2.55 bits per heavy atom. The van der Waals surface area contributed by atoms with Crippen molar-refractivity contribution in [3.63, 3.8) is 0 Å². The fraction of sp³-hybridized carbons (Fsp3) is 0.435.